The molecular weight excluding hydrogens is 232 g/mol. The Morgan fingerprint density at radius 2 is 1.84 bits per heavy atom. The predicted molar refractivity (Wildman–Crippen MR) is 78.2 cm³/mol. The average Bonchev–Trinajstić information content (AvgIpc) is 2.90. The highest BCUT2D eigenvalue weighted by molar-refractivity contribution is 5.18. The second-order valence-electron chi connectivity index (χ2n) is 6.04. The molecule has 1 aromatic carbocycles. The quantitative estimate of drug-likeness (QED) is 0.804. The lowest BCUT2D eigenvalue weighted by Gasteiger charge is -2.31. The molecule has 1 saturated carbocycles. The van der Waals surface area contributed by atoms with E-state index in [0.29, 0.717) is 5.41 Å². The average molecular weight is 254 g/mol. The van der Waals surface area contributed by atoms with Gasteiger partial charge < -0.3 is 4.57 Å². The molecule has 0 aliphatic heterocycles. The minimum absolute atomic E-state index is 0.306. The number of aromatic nitrogens is 2. The molecule has 0 N–H and O–H groups in total. The Labute approximate surface area is 115 Å². The molecule has 19 heavy (non-hydrogen) atoms. The van der Waals surface area contributed by atoms with Crippen molar-refractivity contribution in [2.45, 2.75) is 51.0 Å². The largest absolute Gasteiger partial charge is 0.333 e. The molecule has 1 aliphatic carbocycles. The first-order valence-corrected chi connectivity index (χ1v) is 7.32. The van der Waals surface area contributed by atoms with Gasteiger partial charge in [0.25, 0.3) is 0 Å². The first-order chi connectivity index (χ1) is 9.26. The van der Waals surface area contributed by atoms with Crippen LogP contribution < -0.4 is 0 Å². The fraction of sp³-hybridized carbons (Fsp3) is 0.471. The van der Waals surface area contributed by atoms with Crippen molar-refractivity contribution < 1.29 is 0 Å². The van der Waals surface area contributed by atoms with Gasteiger partial charge in [0.15, 0.2) is 0 Å². The van der Waals surface area contributed by atoms with Crippen LogP contribution in [-0.4, -0.2) is 9.55 Å². The standard InChI is InChI=1S/C17H22N2/c1-17(10-6-3-7-11-17)16-13-19(14-18-16)12-15-8-4-2-5-9-15/h2,4-5,8-9,13-14H,3,6-7,10-12H2,1H3. The van der Waals surface area contributed by atoms with Crippen LogP contribution in [-0.2, 0) is 12.0 Å². The number of nitrogens with zero attached hydrogens (tertiary/aromatic N) is 2. The fourth-order valence-electron chi connectivity index (χ4n) is 3.14. The summed E-state index contributed by atoms with van der Waals surface area (Å²) in [6.07, 6.45) is 10.9. The Morgan fingerprint density at radius 3 is 2.58 bits per heavy atom. The van der Waals surface area contributed by atoms with Gasteiger partial charge in [0, 0.05) is 18.2 Å². The van der Waals surface area contributed by atoms with Gasteiger partial charge in [-0.25, -0.2) is 4.98 Å². The van der Waals surface area contributed by atoms with Gasteiger partial charge >= 0.3 is 0 Å². The molecule has 2 heteroatoms. The molecule has 2 aromatic rings. The lowest BCUT2D eigenvalue weighted by molar-refractivity contribution is 0.313. The van der Waals surface area contributed by atoms with E-state index in [0.717, 1.165) is 6.54 Å². The molecular formula is C17H22N2. The molecule has 0 unspecified atom stereocenters. The first kappa shape index (κ1) is 12.5. The molecule has 0 saturated heterocycles. The van der Waals surface area contributed by atoms with E-state index in [1.54, 1.807) is 0 Å². The van der Waals surface area contributed by atoms with Crippen LogP contribution in [0.15, 0.2) is 42.9 Å². The van der Waals surface area contributed by atoms with E-state index in [2.05, 4.69) is 53.0 Å². The molecule has 1 fully saturated rings. The lowest BCUT2D eigenvalue weighted by atomic mass is 9.74. The van der Waals surface area contributed by atoms with E-state index in [9.17, 15) is 0 Å². The van der Waals surface area contributed by atoms with Crippen LogP contribution in [0.2, 0.25) is 0 Å². The maximum absolute atomic E-state index is 4.67. The highest BCUT2D eigenvalue weighted by Gasteiger charge is 2.30. The predicted octanol–water partition coefficient (Wildman–Crippen LogP) is 4.15. The van der Waals surface area contributed by atoms with Crippen LogP contribution in [0.3, 0.4) is 0 Å². The molecule has 1 aliphatic rings. The molecule has 1 aromatic heterocycles. The van der Waals surface area contributed by atoms with Crippen molar-refractivity contribution in [3.63, 3.8) is 0 Å². The van der Waals surface area contributed by atoms with Crippen LogP contribution in [0.5, 0.6) is 0 Å². The zero-order valence-corrected chi connectivity index (χ0v) is 11.7. The molecule has 0 bridgehead atoms. The van der Waals surface area contributed by atoms with Crippen LogP contribution in [0, 0.1) is 0 Å². The summed E-state index contributed by atoms with van der Waals surface area (Å²) in [5, 5.41) is 0. The van der Waals surface area contributed by atoms with Crippen LogP contribution in [0.1, 0.15) is 50.3 Å². The normalized spacial score (nSPS) is 18.4. The van der Waals surface area contributed by atoms with Gasteiger partial charge in [-0.2, -0.15) is 0 Å². The topological polar surface area (TPSA) is 17.8 Å². The zero-order chi connectivity index (χ0) is 13.1. The number of rotatable bonds is 3. The van der Waals surface area contributed by atoms with E-state index in [4.69, 9.17) is 0 Å². The molecule has 0 amide bonds. The molecule has 0 atom stereocenters. The van der Waals surface area contributed by atoms with Crippen molar-refractivity contribution in [1.82, 2.24) is 9.55 Å². The highest BCUT2D eigenvalue weighted by atomic mass is 15.0. The van der Waals surface area contributed by atoms with Crippen LogP contribution in [0.4, 0.5) is 0 Å². The van der Waals surface area contributed by atoms with Crippen molar-refractivity contribution in [2.75, 3.05) is 0 Å². The summed E-state index contributed by atoms with van der Waals surface area (Å²) >= 11 is 0. The summed E-state index contributed by atoms with van der Waals surface area (Å²) in [5.74, 6) is 0. The highest BCUT2D eigenvalue weighted by Crippen LogP contribution is 2.37. The van der Waals surface area contributed by atoms with Crippen LogP contribution in [0.25, 0.3) is 0 Å². The zero-order valence-electron chi connectivity index (χ0n) is 11.7. The summed E-state index contributed by atoms with van der Waals surface area (Å²) in [4.78, 5) is 4.67. The number of benzene rings is 1. The minimum Gasteiger partial charge on any atom is -0.333 e. The van der Waals surface area contributed by atoms with Crippen molar-refractivity contribution in [2.24, 2.45) is 0 Å². The fourth-order valence-corrected chi connectivity index (χ4v) is 3.14. The number of imidazole rings is 1. The van der Waals surface area contributed by atoms with Gasteiger partial charge in [0.2, 0.25) is 0 Å². The Morgan fingerprint density at radius 1 is 1.11 bits per heavy atom. The van der Waals surface area contributed by atoms with E-state index >= 15 is 0 Å². The molecule has 0 spiro atoms. The van der Waals surface area contributed by atoms with E-state index in [-0.39, 0.29) is 0 Å². The van der Waals surface area contributed by atoms with Gasteiger partial charge in [-0.3, -0.25) is 0 Å². The molecule has 100 valence electrons. The molecule has 3 rings (SSSR count). The Kier molecular flexibility index (Phi) is 3.41. The summed E-state index contributed by atoms with van der Waals surface area (Å²) in [6, 6.07) is 10.6. The van der Waals surface area contributed by atoms with Crippen molar-refractivity contribution >= 4 is 0 Å². The van der Waals surface area contributed by atoms with E-state index in [1.165, 1.54) is 43.4 Å². The third kappa shape index (κ3) is 2.73. The van der Waals surface area contributed by atoms with Crippen molar-refractivity contribution in [3.8, 4) is 0 Å². The Bertz CT molecular complexity index is 521. The second-order valence-corrected chi connectivity index (χ2v) is 6.04. The molecule has 0 radical (unpaired) electrons. The third-order valence-corrected chi connectivity index (χ3v) is 4.42. The molecule has 2 nitrogen and oxygen atoms in total. The maximum atomic E-state index is 4.67. The Balaban J connectivity index is 1.76. The van der Waals surface area contributed by atoms with Gasteiger partial charge in [0.1, 0.15) is 0 Å². The summed E-state index contributed by atoms with van der Waals surface area (Å²) in [7, 11) is 0. The summed E-state index contributed by atoms with van der Waals surface area (Å²) < 4.78 is 2.21. The number of hydrogen-bond donors (Lipinski definition) is 0. The van der Waals surface area contributed by atoms with Gasteiger partial charge in [-0.1, -0.05) is 56.5 Å². The van der Waals surface area contributed by atoms with Gasteiger partial charge in [0.05, 0.1) is 12.0 Å². The maximum Gasteiger partial charge on any atom is 0.0952 e. The van der Waals surface area contributed by atoms with Crippen molar-refractivity contribution in [1.29, 1.82) is 0 Å². The molecule has 1 heterocycles. The monoisotopic (exact) mass is 254 g/mol. The summed E-state index contributed by atoms with van der Waals surface area (Å²) in [6.45, 7) is 3.30. The summed E-state index contributed by atoms with van der Waals surface area (Å²) in [5.41, 5.74) is 2.92. The first-order valence-electron chi connectivity index (χ1n) is 7.32. The Hall–Kier alpha value is -1.57. The van der Waals surface area contributed by atoms with Crippen LogP contribution >= 0.6 is 0 Å². The smallest absolute Gasteiger partial charge is 0.0952 e. The number of hydrogen-bond acceptors (Lipinski definition) is 1. The lowest BCUT2D eigenvalue weighted by Crippen LogP contribution is -2.25. The van der Waals surface area contributed by atoms with Crippen molar-refractivity contribution in [3.05, 3.63) is 54.1 Å². The minimum atomic E-state index is 0.306. The van der Waals surface area contributed by atoms with Gasteiger partial charge in [-0.15, -0.1) is 0 Å². The van der Waals surface area contributed by atoms with E-state index in [1.807, 2.05) is 6.33 Å². The SMILES string of the molecule is CC1(c2cn(Cc3ccccc3)cn2)CCCCC1. The third-order valence-electron chi connectivity index (χ3n) is 4.42. The van der Waals surface area contributed by atoms with Gasteiger partial charge in [-0.05, 0) is 18.4 Å². The van der Waals surface area contributed by atoms with E-state index < -0.39 is 0 Å². The second kappa shape index (κ2) is 5.20.